The second kappa shape index (κ2) is 12.2. The smallest absolute Gasteiger partial charge is 0.414 e. The molecule has 0 aliphatic carbocycles. The zero-order chi connectivity index (χ0) is 29.8. The lowest BCUT2D eigenvalue weighted by molar-refractivity contribution is -0.129. The highest BCUT2D eigenvalue weighted by Gasteiger charge is 2.34. The van der Waals surface area contributed by atoms with E-state index < -0.39 is 35.8 Å². The zero-order valence-corrected chi connectivity index (χ0v) is 22.6. The monoisotopic (exact) mass is 586 g/mol. The molecule has 2 aliphatic rings. The maximum absolute atomic E-state index is 15.2. The molecule has 2 fully saturated rings. The number of imidazole rings is 1. The Hall–Kier alpha value is -5.02. The number of alkyl carbamates (subject to hydrolysis) is 1. The first-order valence-corrected chi connectivity index (χ1v) is 13.1. The maximum Gasteiger partial charge on any atom is 0.414 e. The average Bonchev–Trinajstić information content (AvgIpc) is 3.50. The largest absolute Gasteiger partial charge is 0.453 e. The van der Waals surface area contributed by atoms with Crippen molar-refractivity contribution in [2.75, 3.05) is 62.7 Å². The number of carbonyl (C=O) groups excluding carboxylic acids is 4. The number of amides is 4. The van der Waals surface area contributed by atoms with Crippen molar-refractivity contribution in [3.05, 3.63) is 54.2 Å². The lowest BCUT2D eigenvalue weighted by atomic mass is 10.2. The van der Waals surface area contributed by atoms with Gasteiger partial charge in [-0.2, -0.15) is 0 Å². The van der Waals surface area contributed by atoms with E-state index in [1.165, 1.54) is 29.3 Å². The van der Waals surface area contributed by atoms with Gasteiger partial charge in [-0.3, -0.25) is 19.5 Å². The standard InChI is InChI=1S/C26H28F2N8O6/c1-41-25(39)31-11-17-14-36(26(40)42-17)16-9-18(27)23(19(28)10-16)34-5-2-4-33(7-8-34)22(37)13-30-24(38)20-15-35-6-3-29-12-21(35)32-20/h3,6,9-10,12,15,17H,2,4-5,7-8,11,13-14H2,1H3,(H,30,38)(H,31,39)/t17-/m0/s1. The summed E-state index contributed by atoms with van der Waals surface area (Å²) >= 11 is 0. The fourth-order valence-corrected chi connectivity index (χ4v) is 4.82. The molecule has 4 heterocycles. The van der Waals surface area contributed by atoms with Gasteiger partial charge < -0.3 is 34.3 Å². The van der Waals surface area contributed by atoms with Crippen molar-refractivity contribution < 1.29 is 37.4 Å². The predicted molar refractivity (Wildman–Crippen MR) is 143 cm³/mol. The van der Waals surface area contributed by atoms with Gasteiger partial charge in [0.25, 0.3) is 5.91 Å². The molecule has 16 heteroatoms. The molecule has 14 nitrogen and oxygen atoms in total. The summed E-state index contributed by atoms with van der Waals surface area (Å²) in [6, 6.07) is 2.10. The summed E-state index contributed by atoms with van der Waals surface area (Å²) in [5, 5.41) is 4.98. The van der Waals surface area contributed by atoms with Gasteiger partial charge in [-0.1, -0.05) is 0 Å². The molecule has 2 aliphatic heterocycles. The van der Waals surface area contributed by atoms with Crippen molar-refractivity contribution in [1.29, 1.82) is 0 Å². The van der Waals surface area contributed by atoms with E-state index in [1.807, 2.05) is 0 Å². The molecule has 2 saturated heterocycles. The second-order valence-corrected chi connectivity index (χ2v) is 9.62. The highest BCUT2D eigenvalue weighted by Crippen LogP contribution is 2.31. The Bertz CT molecular complexity index is 1460. The van der Waals surface area contributed by atoms with Crippen LogP contribution in [0.2, 0.25) is 0 Å². The lowest BCUT2D eigenvalue weighted by Crippen LogP contribution is -2.42. The molecule has 1 atom stereocenters. The molecule has 222 valence electrons. The van der Waals surface area contributed by atoms with Crippen LogP contribution in [-0.2, 0) is 14.3 Å². The fraction of sp³-hybridized carbons (Fsp3) is 0.385. The molecule has 5 rings (SSSR count). The van der Waals surface area contributed by atoms with Gasteiger partial charge in [-0.05, 0) is 6.42 Å². The molecule has 2 N–H and O–H groups in total. The van der Waals surface area contributed by atoms with Gasteiger partial charge in [0.2, 0.25) is 5.91 Å². The highest BCUT2D eigenvalue weighted by atomic mass is 19.1. The number of fused-ring (bicyclic) bond motifs is 1. The number of hydrogen-bond acceptors (Lipinski definition) is 9. The van der Waals surface area contributed by atoms with Crippen LogP contribution in [0.15, 0.2) is 36.9 Å². The average molecular weight is 587 g/mol. The SMILES string of the molecule is COC(=O)NC[C@H]1CN(c2cc(F)c(N3CCCN(C(=O)CNC(=O)c4cn5ccncc5n4)CC3)c(F)c2)C(=O)O1. The van der Waals surface area contributed by atoms with E-state index in [2.05, 4.69) is 25.3 Å². The van der Waals surface area contributed by atoms with Crippen LogP contribution in [0.3, 0.4) is 0 Å². The number of methoxy groups -OCH3 is 1. The molecule has 1 aromatic carbocycles. The quantitative estimate of drug-likeness (QED) is 0.416. The van der Waals surface area contributed by atoms with Crippen molar-refractivity contribution >= 4 is 41.0 Å². The minimum Gasteiger partial charge on any atom is -0.453 e. The number of nitrogens with zero attached hydrogens (tertiary/aromatic N) is 6. The first kappa shape index (κ1) is 28.5. The topological polar surface area (TPSA) is 151 Å². The summed E-state index contributed by atoms with van der Waals surface area (Å²) in [7, 11) is 1.19. The Morgan fingerprint density at radius 2 is 1.90 bits per heavy atom. The summed E-state index contributed by atoms with van der Waals surface area (Å²) in [4.78, 5) is 61.1. The van der Waals surface area contributed by atoms with E-state index in [-0.39, 0.29) is 62.2 Å². The first-order valence-electron chi connectivity index (χ1n) is 13.1. The number of ether oxygens (including phenoxy) is 2. The third kappa shape index (κ3) is 6.16. The van der Waals surface area contributed by atoms with Crippen molar-refractivity contribution in [3.63, 3.8) is 0 Å². The number of hydrogen-bond donors (Lipinski definition) is 2. The molecule has 0 bridgehead atoms. The summed E-state index contributed by atoms with van der Waals surface area (Å²) in [5.74, 6) is -2.59. The van der Waals surface area contributed by atoms with Gasteiger partial charge >= 0.3 is 12.2 Å². The Labute approximate surface area is 238 Å². The fourth-order valence-electron chi connectivity index (χ4n) is 4.82. The van der Waals surface area contributed by atoms with Gasteiger partial charge in [-0.15, -0.1) is 0 Å². The van der Waals surface area contributed by atoms with Crippen molar-refractivity contribution in [2.45, 2.75) is 12.5 Å². The van der Waals surface area contributed by atoms with Gasteiger partial charge in [0.15, 0.2) is 17.3 Å². The Morgan fingerprint density at radius 3 is 2.64 bits per heavy atom. The third-order valence-corrected chi connectivity index (χ3v) is 6.91. The van der Waals surface area contributed by atoms with Gasteiger partial charge in [0.05, 0.1) is 38.6 Å². The molecular weight excluding hydrogens is 558 g/mol. The second-order valence-electron chi connectivity index (χ2n) is 9.62. The van der Waals surface area contributed by atoms with Crippen LogP contribution in [0.25, 0.3) is 5.65 Å². The Kier molecular flexibility index (Phi) is 8.31. The highest BCUT2D eigenvalue weighted by molar-refractivity contribution is 5.95. The van der Waals surface area contributed by atoms with Crippen LogP contribution in [0.1, 0.15) is 16.9 Å². The van der Waals surface area contributed by atoms with Crippen LogP contribution in [-0.4, -0.2) is 102 Å². The molecule has 4 amide bonds. The minimum atomic E-state index is -0.872. The number of rotatable bonds is 7. The van der Waals surface area contributed by atoms with Crippen LogP contribution in [0.5, 0.6) is 0 Å². The van der Waals surface area contributed by atoms with Gasteiger partial charge in [-0.25, -0.2) is 23.4 Å². The number of carbonyl (C=O) groups is 4. The number of benzene rings is 1. The number of nitrogens with one attached hydrogen (secondary N) is 2. The molecular formula is C26H28F2N8O6. The summed E-state index contributed by atoms with van der Waals surface area (Å²) in [6.45, 7) is 0.654. The summed E-state index contributed by atoms with van der Waals surface area (Å²) in [6.07, 6.45) is 4.46. The number of aromatic nitrogens is 3. The summed E-state index contributed by atoms with van der Waals surface area (Å²) in [5.41, 5.74) is 0.345. The van der Waals surface area contributed by atoms with E-state index in [4.69, 9.17) is 4.74 Å². The van der Waals surface area contributed by atoms with Crippen molar-refractivity contribution in [3.8, 4) is 0 Å². The first-order chi connectivity index (χ1) is 20.2. The van der Waals surface area contributed by atoms with Crippen molar-refractivity contribution in [1.82, 2.24) is 29.9 Å². The van der Waals surface area contributed by atoms with Gasteiger partial charge in [0.1, 0.15) is 17.5 Å². The van der Waals surface area contributed by atoms with E-state index >= 15 is 8.78 Å². The van der Waals surface area contributed by atoms with E-state index in [9.17, 15) is 19.2 Å². The van der Waals surface area contributed by atoms with Crippen LogP contribution >= 0.6 is 0 Å². The minimum absolute atomic E-state index is 0.0211. The predicted octanol–water partition coefficient (Wildman–Crippen LogP) is 1.16. The Balaban J connectivity index is 1.17. The zero-order valence-electron chi connectivity index (χ0n) is 22.6. The maximum atomic E-state index is 15.2. The lowest BCUT2D eigenvalue weighted by Gasteiger charge is -2.25. The van der Waals surface area contributed by atoms with E-state index in [1.54, 1.807) is 16.8 Å². The summed E-state index contributed by atoms with van der Waals surface area (Å²) < 4.78 is 41.7. The molecule has 0 spiro atoms. The van der Waals surface area contributed by atoms with E-state index in [0.29, 0.717) is 18.6 Å². The molecule has 3 aromatic rings. The molecule has 0 saturated carbocycles. The van der Waals surface area contributed by atoms with Crippen LogP contribution in [0, 0.1) is 11.6 Å². The normalized spacial score (nSPS) is 17.2. The van der Waals surface area contributed by atoms with Crippen LogP contribution in [0.4, 0.5) is 29.7 Å². The molecule has 0 radical (unpaired) electrons. The third-order valence-electron chi connectivity index (χ3n) is 6.91. The number of anilines is 2. The molecule has 0 unspecified atom stereocenters. The molecule has 2 aromatic heterocycles. The van der Waals surface area contributed by atoms with E-state index in [0.717, 1.165) is 17.0 Å². The Morgan fingerprint density at radius 1 is 1.12 bits per heavy atom. The number of cyclic esters (lactones) is 1. The number of halogens is 2. The van der Waals surface area contributed by atoms with Crippen molar-refractivity contribution in [2.24, 2.45) is 0 Å². The molecule has 42 heavy (non-hydrogen) atoms. The van der Waals surface area contributed by atoms with Crippen LogP contribution < -0.4 is 20.4 Å². The van der Waals surface area contributed by atoms with Gasteiger partial charge in [0, 0.05) is 56.9 Å².